The molecule has 0 saturated carbocycles. The summed E-state index contributed by atoms with van der Waals surface area (Å²) >= 11 is 0. The fourth-order valence-electron chi connectivity index (χ4n) is 4.43. The summed E-state index contributed by atoms with van der Waals surface area (Å²) < 4.78 is 34.3. The van der Waals surface area contributed by atoms with Crippen LogP contribution in [0.2, 0.25) is 0 Å². The molecule has 0 aromatic heterocycles. The average molecular weight is 523 g/mol. The Labute approximate surface area is 221 Å². The van der Waals surface area contributed by atoms with E-state index in [0.29, 0.717) is 5.69 Å². The second-order valence-electron chi connectivity index (χ2n) is 10.0. The molecule has 7 heteroatoms. The van der Waals surface area contributed by atoms with Crippen LogP contribution in [0.15, 0.2) is 59.5 Å². The summed E-state index contributed by atoms with van der Waals surface area (Å²) in [4.78, 5) is 13.5. The highest BCUT2D eigenvalue weighted by Gasteiger charge is 2.29. The lowest BCUT2D eigenvalue weighted by molar-refractivity contribution is -0.120. The lowest BCUT2D eigenvalue weighted by Gasteiger charge is -2.27. The van der Waals surface area contributed by atoms with Gasteiger partial charge in [-0.25, -0.2) is 8.42 Å². The molecule has 3 aromatic rings. The fraction of sp³-hybridized carbons (Fsp3) is 0.367. The molecule has 0 spiro atoms. The third kappa shape index (κ3) is 6.34. The summed E-state index contributed by atoms with van der Waals surface area (Å²) in [6, 6.07) is 16.0. The van der Waals surface area contributed by atoms with Crippen LogP contribution < -0.4 is 14.4 Å². The summed E-state index contributed by atoms with van der Waals surface area (Å²) in [6.45, 7) is 13.4. The lowest BCUT2D eigenvalue weighted by Crippen LogP contribution is -2.42. The SMILES string of the molecule is COc1cc(C)c(C(C)NC(=O)CN(c2cc(C)ccc2C)S(=O)(=O)c2ccc(C)cc2)cc1C(C)C. The van der Waals surface area contributed by atoms with E-state index >= 15 is 0 Å². The lowest BCUT2D eigenvalue weighted by atomic mass is 9.93. The molecule has 3 rings (SSSR count). The second kappa shape index (κ2) is 11.4. The van der Waals surface area contributed by atoms with Gasteiger partial charge in [-0.2, -0.15) is 0 Å². The molecule has 0 aliphatic rings. The third-order valence-electron chi connectivity index (χ3n) is 6.61. The minimum Gasteiger partial charge on any atom is -0.496 e. The van der Waals surface area contributed by atoms with E-state index in [0.717, 1.165) is 39.1 Å². The van der Waals surface area contributed by atoms with E-state index in [2.05, 4.69) is 25.2 Å². The molecule has 1 N–H and O–H groups in total. The Bertz CT molecular complexity index is 1380. The standard InChI is InChI=1S/C30H38N2O4S/c1-19(2)26-17-27(23(6)16-29(26)36-8)24(7)31-30(33)18-32(28-15-21(4)9-12-22(28)5)37(34,35)25-13-10-20(3)11-14-25/h9-17,19,24H,18H2,1-8H3,(H,31,33). The highest BCUT2D eigenvalue weighted by atomic mass is 32.2. The Balaban J connectivity index is 1.96. The number of methoxy groups -OCH3 is 1. The maximum absolute atomic E-state index is 13.8. The molecule has 0 heterocycles. The van der Waals surface area contributed by atoms with Crippen LogP contribution in [0.3, 0.4) is 0 Å². The summed E-state index contributed by atoms with van der Waals surface area (Å²) in [5, 5.41) is 3.02. The van der Waals surface area contributed by atoms with E-state index in [-0.39, 0.29) is 29.3 Å². The van der Waals surface area contributed by atoms with Crippen LogP contribution in [-0.4, -0.2) is 28.0 Å². The maximum Gasteiger partial charge on any atom is 0.264 e. The van der Waals surface area contributed by atoms with Gasteiger partial charge in [0.2, 0.25) is 5.91 Å². The van der Waals surface area contributed by atoms with Crippen molar-refractivity contribution in [1.29, 1.82) is 0 Å². The molecule has 198 valence electrons. The Morgan fingerprint density at radius 3 is 2.08 bits per heavy atom. The molecule has 1 amide bonds. The second-order valence-corrected chi connectivity index (χ2v) is 11.9. The molecule has 37 heavy (non-hydrogen) atoms. The number of sulfonamides is 1. The molecule has 0 saturated heterocycles. The van der Waals surface area contributed by atoms with Gasteiger partial charge in [-0.15, -0.1) is 0 Å². The van der Waals surface area contributed by atoms with Gasteiger partial charge in [-0.1, -0.05) is 43.7 Å². The Kier molecular flexibility index (Phi) is 8.69. The number of aryl methyl sites for hydroxylation is 4. The number of benzene rings is 3. The highest BCUT2D eigenvalue weighted by molar-refractivity contribution is 7.92. The van der Waals surface area contributed by atoms with Crippen LogP contribution in [0.1, 0.15) is 66.1 Å². The van der Waals surface area contributed by atoms with Crippen LogP contribution in [0.5, 0.6) is 5.75 Å². The Morgan fingerprint density at radius 1 is 0.865 bits per heavy atom. The van der Waals surface area contributed by atoms with E-state index in [1.807, 2.05) is 52.8 Å². The van der Waals surface area contributed by atoms with Crippen molar-refractivity contribution in [1.82, 2.24) is 5.32 Å². The number of ether oxygens (including phenoxy) is 1. The van der Waals surface area contributed by atoms with Crippen molar-refractivity contribution >= 4 is 21.6 Å². The van der Waals surface area contributed by atoms with Gasteiger partial charge < -0.3 is 10.1 Å². The number of carbonyl (C=O) groups is 1. The van der Waals surface area contributed by atoms with Crippen molar-refractivity contribution < 1.29 is 17.9 Å². The number of nitrogens with zero attached hydrogens (tertiary/aromatic N) is 1. The Morgan fingerprint density at radius 2 is 1.49 bits per heavy atom. The van der Waals surface area contributed by atoms with E-state index in [1.165, 1.54) is 4.31 Å². The summed E-state index contributed by atoms with van der Waals surface area (Å²) in [5.41, 5.74) is 6.15. The van der Waals surface area contributed by atoms with E-state index in [9.17, 15) is 13.2 Å². The zero-order valence-corrected chi connectivity index (χ0v) is 23.9. The van der Waals surface area contributed by atoms with Gasteiger partial charge in [-0.05, 0) is 98.7 Å². The van der Waals surface area contributed by atoms with Crippen molar-refractivity contribution in [2.75, 3.05) is 18.0 Å². The number of nitrogens with one attached hydrogen (secondary N) is 1. The van der Waals surface area contributed by atoms with Crippen molar-refractivity contribution in [3.63, 3.8) is 0 Å². The van der Waals surface area contributed by atoms with Gasteiger partial charge in [0.1, 0.15) is 12.3 Å². The molecule has 0 radical (unpaired) electrons. The molecular weight excluding hydrogens is 484 g/mol. The molecule has 0 bridgehead atoms. The van der Waals surface area contributed by atoms with Crippen LogP contribution in [0, 0.1) is 27.7 Å². The van der Waals surface area contributed by atoms with Crippen molar-refractivity contribution in [3.05, 3.63) is 88.0 Å². The Hall–Kier alpha value is -3.32. The predicted molar refractivity (Wildman–Crippen MR) is 150 cm³/mol. The molecule has 0 fully saturated rings. The maximum atomic E-state index is 13.8. The quantitative estimate of drug-likeness (QED) is 0.367. The first-order chi connectivity index (χ1) is 17.3. The highest BCUT2D eigenvalue weighted by Crippen LogP contribution is 2.32. The van der Waals surface area contributed by atoms with E-state index < -0.39 is 10.0 Å². The van der Waals surface area contributed by atoms with Crippen molar-refractivity contribution in [2.45, 2.75) is 65.3 Å². The normalized spacial score (nSPS) is 12.4. The molecule has 6 nitrogen and oxygen atoms in total. The number of hydrogen-bond donors (Lipinski definition) is 1. The first-order valence-electron chi connectivity index (χ1n) is 12.5. The topological polar surface area (TPSA) is 75.7 Å². The minimum atomic E-state index is -3.98. The number of hydrogen-bond acceptors (Lipinski definition) is 4. The molecule has 3 aromatic carbocycles. The first-order valence-corrected chi connectivity index (χ1v) is 13.9. The van der Waals surface area contributed by atoms with E-state index in [4.69, 9.17) is 4.74 Å². The van der Waals surface area contributed by atoms with Crippen LogP contribution in [0.25, 0.3) is 0 Å². The molecule has 1 unspecified atom stereocenters. The van der Waals surface area contributed by atoms with Gasteiger partial charge in [0.15, 0.2) is 0 Å². The molecule has 0 aliphatic carbocycles. The fourth-order valence-corrected chi connectivity index (χ4v) is 5.91. The van der Waals surface area contributed by atoms with Crippen LogP contribution in [0.4, 0.5) is 5.69 Å². The number of amides is 1. The third-order valence-corrected chi connectivity index (χ3v) is 8.39. The first kappa shape index (κ1) is 28.3. The molecule has 1 atom stereocenters. The van der Waals surface area contributed by atoms with Crippen molar-refractivity contribution in [3.8, 4) is 5.75 Å². The van der Waals surface area contributed by atoms with Gasteiger partial charge in [0, 0.05) is 0 Å². The largest absolute Gasteiger partial charge is 0.496 e. The summed E-state index contributed by atoms with van der Waals surface area (Å²) in [6.07, 6.45) is 0. The monoisotopic (exact) mass is 522 g/mol. The average Bonchev–Trinajstić information content (AvgIpc) is 2.83. The number of carbonyl (C=O) groups excluding carboxylic acids is 1. The molecular formula is C30H38N2O4S. The zero-order valence-electron chi connectivity index (χ0n) is 23.0. The van der Waals surface area contributed by atoms with Gasteiger partial charge in [-0.3, -0.25) is 9.10 Å². The zero-order chi connectivity index (χ0) is 27.5. The number of anilines is 1. The van der Waals surface area contributed by atoms with Crippen molar-refractivity contribution in [2.24, 2.45) is 0 Å². The van der Waals surface area contributed by atoms with Crippen LogP contribution in [-0.2, 0) is 14.8 Å². The molecule has 0 aliphatic heterocycles. The number of rotatable bonds is 9. The van der Waals surface area contributed by atoms with Gasteiger partial charge in [0.25, 0.3) is 10.0 Å². The van der Waals surface area contributed by atoms with Crippen LogP contribution >= 0.6 is 0 Å². The van der Waals surface area contributed by atoms with Gasteiger partial charge >= 0.3 is 0 Å². The van der Waals surface area contributed by atoms with Gasteiger partial charge in [0.05, 0.1) is 23.7 Å². The smallest absolute Gasteiger partial charge is 0.264 e. The summed E-state index contributed by atoms with van der Waals surface area (Å²) in [5.74, 6) is 0.683. The van der Waals surface area contributed by atoms with E-state index in [1.54, 1.807) is 37.4 Å². The predicted octanol–water partition coefficient (Wildman–Crippen LogP) is 6.12. The minimum absolute atomic E-state index is 0.146. The summed E-state index contributed by atoms with van der Waals surface area (Å²) in [7, 11) is -2.33.